The summed E-state index contributed by atoms with van der Waals surface area (Å²) in [5.74, 6) is 0. The van der Waals surface area contributed by atoms with Crippen LogP contribution >= 0.6 is 0 Å². The highest BCUT2D eigenvalue weighted by atomic mass is 15.1. The van der Waals surface area contributed by atoms with Gasteiger partial charge in [0.25, 0.3) is 0 Å². The number of azide groups is 1. The van der Waals surface area contributed by atoms with E-state index < -0.39 is 0 Å². The highest BCUT2D eigenvalue weighted by Gasteiger charge is 2.18. The summed E-state index contributed by atoms with van der Waals surface area (Å²) in [6, 6.07) is 8.19. The first-order valence-corrected chi connectivity index (χ1v) is 6.74. The maximum Gasteiger partial charge on any atom is 0.121 e. The molecular weight excluding hydrogens is 252 g/mol. The van der Waals surface area contributed by atoms with Gasteiger partial charge in [0, 0.05) is 30.7 Å². The molecule has 2 rings (SSSR count). The second-order valence-electron chi connectivity index (χ2n) is 4.88. The maximum absolute atomic E-state index is 9.28. The molecule has 1 aliphatic rings. The number of likely N-dealkylation sites (N-methyl/N-ethyl adjacent to an activating group) is 1. The zero-order valence-corrected chi connectivity index (χ0v) is 11.6. The molecule has 1 aliphatic heterocycles. The number of nitriles is 1. The van der Waals surface area contributed by atoms with Gasteiger partial charge >= 0.3 is 0 Å². The van der Waals surface area contributed by atoms with E-state index in [-0.39, 0.29) is 6.04 Å². The number of anilines is 1. The van der Waals surface area contributed by atoms with Crippen molar-refractivity contribution in [2.75, 3.05) is 31.6 Å². The van der Waals surface area contributed by atoms with E-state index >= 15 is 0 Å². The summed E-state index contributed by atoms with van der Waals surface area (Å²) in [4.78, 5) is 4.93. The second-order valence-corrected chi connectivity index (χ2v) is 4.88. The lowest BCUT2D eigenvalue weighted by Crippen LogP contribution is -2.21. The van der Waals surface area contributed by atoms with Gasteiger partial charge in [-0.1, -0.05) is 17.2 Å². The molecule has 0 radical (unpaired) electrons. The van der Waals surface area contributed by atoms with Gasteiger partial charge in [0.15, 0.2) is 0 Å². The second kappa shape index (κ2) is 6.80. The molecule has 1 N–H and O–H groups in total. The van der Waals surface area contributed by atoms with Crippen LogP contribution in [0, 0.1) is 11.3 Å². The molecule has 0 saturated heterocycles. The van der Waals surface area contributed by atoms with Gasteiger partial charge < -0.3 is 4.90 Å². The monoisotopic (exact) mass is 270 g/mol. The predicted octanol–water partition coefficient (Wildman–Crippen LogP) is 2.53. The number of hydrogen-bond acceptors (Lipinski definition) is 4. The van der Waals surface area contributed by atoms with Crippen LogP contribution in [-0.4, -0.2) is 26.7 Å². The number of rotatable bonds is 6. The van der Waals surface area contributed by atoms with E-state index in [4.69, 9.17) is 5.53 Å². The van der Waals surface area contributed by atoms with E-state index in [0.717, 1.165) is 24.9 Å². The van der Waals surface area contributed by atoms with E-state index in [2.05, 4.69) is 45.5 Å². The molecule has 6 heteroatoms. The predicted molar refractivity (Wildman–Crippen MR) is 78.4 cm³/mol. The third kappa shape index (κ3) is 3.21. The molecule has 1 aromatic rings. The van der Waals surface area contributed by atoms with Crippen molar-refractivity contribution in [1.29, 1.82) is 5.26 Å². The SMILES string of the molecule is CN1CCc2cc(C(C#N)NCCCN=[N+]=[N-])ccc21. The molecular formula is C14H18N6. The number of fused-ring (bicyclic) bond motifs is 1. The summed E-state index contributed by atoms with van der Waals surface area (Å²) >= 11 is 0. The van der Waals surface area contributed by atoms with E-state index in [1.807, 2.05) is 6.07 Å². The molecule has 104 valence electrons. The first kappa shape index (κ1) is 14.2. The smallest absolute Gasteiger partial charge is 0.121 e. The lowest BCUT2D eigenvalue weighted by Gasteiger charge is -2.15. The van der Waals surface area contributed by atoms with Crippen LogP contribution in [0.5, 0.6) is 0 Å². The molecule has 0 aliphatic carbocycles. The van der Waals surface area contributed by atoms with Gasteiger partial charge in [-0.25, -0.2) is 0 Å². The van der Waals surface area contributed by atoms with Crippen molar-refractivity contribution >= 4 is 5.69 Å². The van der Waals surface area contributed by atoms with Crippen molar-refractivity contribution in [2.24, 2.45) is 5.11 Å². The summed E-state index contributed by atoms with van der Waals surface area (Å²) in [7, 11) is 2.08. The standard InChI is InChI=1S/C14H18N6/c1-20-8-5-12-9-11(3-4-14(12)20)13(10-15)17-6-2-7-18-19-16/h3-4,9,13,17H,2,5-8H2,1H3. The third-order valence-corrected chi connectivity index (χ3v) is 3.54. The lowest BCUT2D eigenvalue weighted by molar-refractivity contribution is 0.607. The molecule has 0 spiro atoms. The zero-order chi connectivity index (χ0) is 14.4. The minimum absolute atomic E-state index is 0.308. The van der Waals surface area contributed by atoms with Crippen LogP contribution in [0.15, 0.2) is 23.3 Å². The van der Waals surface area contributed by atoms with E-state index in [1.165, 1.54) is 11.3 Å². The Balaban J connectivity index is 1.98. The molecule has 1 heterocycles. The molecule has 0 amide bonds. The number of hydrogen-bond donors (Lipinski definition) is 1. The first-order chi connectivity index (χ1) is 9.76. The average molecular weight is 270 g/mol. The average Bonchev–Trinajstić information content (AvgIpc) is 2.84. The first-order valence-electron chi connectivity index (χ1n) is 6.74. The fourth-order valence-corrected chi connectivity index (χ4v) is 2.45. The van der Waals surface area contributed by atoms with Crippen LogP contribution in [-0.2, 0) is 6.42 Å². The Morgan fingerprint density at radius 2 is 2.45 bits per heavy atom. The Kier molecular flexibility index (Phi) is 4.83. The fraction of sp³-hybridized carbons (Fsp3) is 0.500. The lowest BCUT2D eigenvalue weighted by atomic mass is 10.0. The minimum Gasteiger partial charge on any atom is -0.374 e. The van der Waals surface area contributed by atoms with Crippen molar-refractivity contribution in [2.45, 2.75) is 18.9 Å². The minimum atomic E-state index is -0.308. The Morgan fingerprint density at radius 1 is 1.60 bits per heavy atom. The van der Waals surface area contributed by atoms with Crippen molar-refractivity contribution < 1.29 is 0 Å². The van der Waals surface area contributed by atoms with Gasteiger partial charge in [-0.3, -0.25) is 5.32 Å². The molecule has 1 atom stereocenters. The van der Waals surface area contributed by atoms with Gasteiger partial charge in [0.1, 0.15) is 6.04 Å². The van der Waals surface area contributed by atoms with E-state index in [1.54, 1.807) is 0 Å². The van der Waals surface area contributed by atoms with Crippen molar-refractivity contribution in [3.05, 3.63) is 39.8 Å². The molecule has 0 fully saturated rings. The van der Waals surface area contributed by atoms with Gasteiger partial charge in [-0.2, -0.15) is 5.26 Å². The van der Waals surface area contributed by atoms with Gasteiger partial charge in [-0.05, 0) is 42.1 Å². The number of benzene rings is 1. The topological polar surface area (TPSA) is 87.8 Å². The summed E-state index contributed by atoms with van der Waals surface area (Å²) in [5.41, 5.74) is 11.8. The normalized spacial score (nSPS) is 14.3. The molecule has 0 saturated carbocycles. The Hall–Kier alpha value is -2.22. The molecule has 1 unspecified atom stereocenters. The fourth-order valence-electron chi connectivity index (χ4n) is 2.45. The maximum atomic E-state index is 9.28. The Bertz CT molecular complexity index is 555. The molecule has 1 aromatic carbocycles. The van der Waals surface area contributed by atoms with Crippen molar-refractivity contribution in [3.63, 3.8) is 0 Å². The van der Waals surface area contributed by atoms with Crippen LogP contribution in [0.3, 0.4) is 0 Å². The van der Waals surface area contributed by atoms with Crippen LogP contribution in [0.25, 0.3) is 10.4 Å². The van der Waals surface area contributed by atoms with Gasteiger partial charge in [-0.15, -0.1) is 0 Å². The summed E-state index contributed by atoms with van der Waals surface area (Å²) in [5, 5.41) is 15.9. The molecule has 0 bridgehead atoms. The number of nitrogens with one attached hydrogen (secondary N) is 1. The van der Waals surface area contributed by atoms with Crippen molar-refractivity contribution in [1.82, 2.24) is 5.32 Å². The highest BCUT2D eigenvalue weighted by molar-refractivity contribution is 5.59. The van der Waals surface area contributed by atoms with E-state index in [9.17, 15) is 5.26 Å². The summed E-state index contributed by atoms with van der Waals surface area (Å²) < 4.78 is 0. The van der Waals surface area contributed by atoms with Crippen molar-refractivity contribution in [3.8, 4) is 6.07 Å². The molecule has 0 aromatic heterocycles. The van der Waals surface area contributed by atoms with Crippen LogP contribution in [0.4, 0.5) is 5.69 Å². The van der Waals surface area contributed by atoms with Crippen LogP contribution < -0.4 is 10.2 Å². The van der Waals surface area contributed by atoms with E-state index in [0.29, 0.717) is 13.1 Å². The van der Waals surface area contributed by atoms with Gasteiger partial charge in [0.2, 0.25) is 0 Å². The van der Waals surface area contributed by atoms with Crippen LogP contribution in [0.2, 0.25) is 0 Å². The molecule has 20 heavy (non-hydrogen) atoms. The third-order valence-electron chi connectivity index (χ3n) is 3.54. The quantitative estimate of drug-likeness (QED) is 0.373. The van der Waals surface area contributed by atoms with Gasteiger partial charge in [0.05, 0.1) is 6.07 Å². The summed E-state index contributed by atoms with van der Waals surface area (Å²) in [6.45, 7) is 2.15. The number of nitrogens with zero attached hydrogens (tertiary/aromatic N) is 5. The zero-order valence-electron chi connectivity index (χ0n) is 11.6. The summed E-state index contributed by atoms with van der Waals surface area (Å²) in [6.07, 6.45) is 1.77. The van der Waals surface area contributed by atoms with Crippen LogP contribution in [0.1, 0.15) is 23.6 Å². The highest BCUT2D eigenvalue weighted by Crippen LogP contribution is 2.29. The largest absolute Gasteiger partial charge is 0.374 e. The Labute approximate surface area is 118 Å². The Morgan fingerprint density at radius 3 is 3.20 bits per heavy atom. The molecule has 6 nitrogen and oxygen atoms in total.